The molecule has 2 N–H and O–H groups in total. The Labute approximate surface area is 119 Å². The highest BCUT2D eigenvalue weighted by atomic mass is 32.2. The van der Waals surface area contributed by atoms with Crippen LogP contribution in [0.3, 0.4) is 0 Å². The highest BCUT2D eigenvalue weighted by Crippen LogP contribution is 2.19. The van der Waals surface area contributed by atoms with E-state index in [4.69, 9.17) is 10.2 Å². The molecule has 0 radical (unpaired) electrons. The lowest BCUT2D eigenvalue weighted by Gasteiger charge is -1.99. The molecule has 1 unspecified atom stereocenters. The predicted octanol–water partition coefficient (Wildman–Crippen LogP) is 2.86. The molecular formula is C15H14N2O2S. The van der Waals surface area contributed by atoms with Crippen LogP contribution in [0.4, 0.5) is 5.69 Å². The maximum atomic E-state index is 12.1. The van der Waals surface area contributed by atoms with Crippen LogP contribution in [0, 0.1) is 0 Å². The van der Waals surface area contributed by atoms with E-state index in [-0.39, 0.29) is 0 Å². The highest BCUT2D eigenvalue weighted by Gasteiger charge is 2.10. The lowest BCUT2D eigenvalue weighted by Crippen LogP contribution is -1.99. The monoisotopic (exact) mass is 286 g/mol. The van der Waals surface area contributed by atoms with Gasteiger partial charge in [-0.15, -0.1) is 0 Å². The van der Waals surface area contributed by atoms with Gasteiger partial charge in [-0.25, -0.2) is 4.98 Å². The molecule has 5 heteroatoms. The normalized spacial score (nSPS) is 12.6. The third-order valence-electron chi connectivity index (χ3n) is 2.91. The number of oxazole rings is 1. The molecule has 0 aliphatic heterocycles. The average Bonchev–Trinajstić information content (AvgIpc) is 2.80. The van der Waals surface area contributed by atoms with Crippen LogP contribution in [0.1, 0.15) is 11.5 Å². The van der Waals surface area contributed by atoms with Gasteiger partial charge >= 0.3 is 0 Å². The van der Waals surface area contributed by atoms with Crippen LogP contribution in [0.2, 0.25) is 0 Å². The molecule has 0 saturated heterocycles. The van der Waals surface area contributed by atoms with Crippen molar-refractivity contribution in [2.75, 3.05) is 5.73 Å². The van der Waals surface area contributed by atoms with Crippen molar-refractivity contribution in [3.63, 3.8) is 0 Å². The van der Waals surface area contributed by atoms with Crippen molar-refractivity contribution in [1.82, 2.24) is 4.98 Å². The number of nitrogens with zero attached hydrogens (tertiary/aromatic N) is 1. The van der Waals surface area contributed by atoms with Gasteiger partial charge in [0.05, 0.1) is 0 Å². The van der Waals surface area contributed by atoms with Gasteiger partial charge in [0, 0.05) is 28.3 Å². The van der Waals surface area contributed by atoms with Crippen LogP contribution in [0.5, 0.6) is 0 Å². The van der Waals surface area contributed by atoms with Crippen LogP contribution in [-0.2, 0) is 22.3 Å². The van der Waals surface area contributed by atoms with Crippen LogP contribution >= 0.6 is 0 Å². The average molecular weight is 286 g/mol. The van der Waals surface area contributed by atoms with Crippen LogP contribution in [0.25, 0.3) is 11.1 Å². The minimum absolute atomic E-state index is 0.309. The van der Waals surface area contributed by atoms with E-state index in [1.54, 1.807) is 18.2 Å². The number of fused-ring (bicyclic) bond motifs is 1. The first-order valence-corrected chi connectivity index (χ1v) is 7.73. The van der Waals surface area contributed by atoms with Crippen molar-refractivity contribution < 1.29 is 8.63 Å². The molecule has 102 valence electrons. The standard InChI is InChI=1S/C15H14N2O2S/c16-12-6-7-13-14(8-12)19-15(17-13)10-20(18)9-11-4-2-1-3-5-11/h1-8H,9-10,16H2. The van der Waals surface area contributed by atoms with Crippen molar-refractivity contribution in [2.45, 2.75) is 11.5 Å². The molecule has 1 aromatic heterocycles. The van der Waals surface area contributed by atoms with E-state index in [0.717, 1.165) is 11.1 Å². The van der Waals surface area contributed by atoms with Crippen LogP contribution < -0.4 is 5.73 Å². The third kappa shape index (κ3) is 2.88. The topological polar surface area (TPSA) is 69.1 Å². The summed E-state index contributed by atoms with van der Waals surface area (Å²) in [5, 5.41) is 0. The molecule has 0 amide bonds. The van der Waals surface area contributed by atoms with E-state index >= 15 is 0 Å². The van der Waals surface area contributed by atoms with Gasteiger partial charge in [-0.05, 0) is 17.7 Å². The predicted molar refractivity (Wildman–Crippen MR) is 80.4 cm³/mol. The number of rotatable bonds is 4. The van der Waals surface area contributed by atoms with E-state index < -0.39 is 10.8 Å². The Hall–Kier alpha value is -2.14. The number of hydrogen-bond acceptors (Lipinski definition) is 4. The van der Waals surface area contributed by atoms with Crippen molar-refractivity contribution >= 4 is 27.6 Å². The van der Waals surface area contributed by atoms with Crippen LogP contribution in [0.15, 0.2) is 52.9 Å². The fourth-order valence-corrected chi connectivity index (χ4v) is 3.06. The third-order valence-corrected chi connectivity index (χ3v) is 4.14. The van der Waals surface area contributed by atoms with Gasteiger partial charge in [-0.2, -0.15) is 0 Å². The Morgan fingerprint density at radius 1 is 1.10 bits per heavy atom. The quantitative estimate of drug-likeness (QED) is 0.749. The Kier molecular flexibility index (Phi) is 3.52. The molecule has 1 atom stereocenters. The van der Waals surface area contributed by atoms with Gasteiger partial charge in [0.1, 0.15) is 11.3 Å². The molecular weight excluding hydrogens is 272 g/mol. The minimum Gasteiger partial charge on any atom is -0.440 e. The highest BCUT2D eigenvalue weighted by molar-refractivity contribution is 7.83. The zero-order valence-electron chi connectivity index (χ0n) is 10.8. The summed E-state index contributed by atoms with van der Waals surface area (Å²) in [6.07, 6.45) is 0. The molecule has 0 aliphatic carbocycles. The summed E-state index contributed by atoms with van der Waals surface area (Å²) in [5.41, 5.74) is 8.74. The van der Waals surface area contributed by atoms with E-state index in [1.165, 1.54) is 0 Å². The molecule has 0 spiro atoms. The summed E-state index contributed by atoms with van der Waals surface area (Å²) in [4.78, 5) is 4.32. The number of nitrogen functional groups attached to an aromatic ring is 1. The fourth-order valence-electron chi connectivity index (χ4n) is 2.00. The molecule has 0 aliphatic rings. The molecule has 0 fully saturated rings. The van der Waals surface area contributed by atoms with Crippen LogP contribution in [-0.4, -0.2) is 9.19 Å². The van der Waals surface area contributed by atoms with Crippen molar-refractivity contribution in [2.24, 2.45) is 0 Å². The summed E-state index contributed by atoms with van der Waals surface area (Å²) in [6, 6.07) is 15.1. The second-order valence-electron chi connectivity index (χ2n) is 4.55. The maximum Gasteiger partial charge on any atom is 0.208 e. The molecule has 3 aromatic rings. The molecule has 4 nitrogen and oxygen atoms in total. The van der Waals surface area contributed by atoms with E-state index in [2.05, 4.69) is 4.98 Å². The summed E-state index contributed by atoms with van der Waals surface area (Å²) in [5.74, 6) is 1.30. The van der Waals surface area contributed by atoms with Gasteiger partial charge in [-0.3, -0.25) is 4.21 Å². The first-order chi connectivity index (χ1) is 9.70. The van der Waals surface area contributed by atoms with Gasteiger partial charge in [-0.1, -0.05) is 30.3 Å². The lowest BCUT2D eigenvalue weighted by atomic mass is 10.2. The van der Waals surface area contributed by atoms with Crippen molar-refractivity contribution in [3.8, 4) is 0 Å². The lowest BCUT2D eigenvalue weighted by molar-refractivity contribution is 0.552. The summed E-state index contributed by atoms with van der Waals surface area (Å²) in [7, 11) is -1.04. The molecule has 0 bridgehead atoms. The van der Waals surface area contributed by atoms with Crippen molar-refractivity contribution in [1.29, 1.82) is 0 Å². The van der Waals surface area contributed by atoms with Gasteiger partial charge in [0.2, 0.25) is 5.89 Å². The second kappa shape index (κ2) is 5.46. The zero-order chi connectivity index (χ0) is 13.9. The van der Waals surface area contributed by atoms with E-state index in [0.29, 0.717) is 28.7 Å². The number of hydrogen-bond donors (Lipinski definition) is 1. The Bertz CT molecular complexity index is 753. The number of nitrogens with two attached hydrogens (primary N) is 1. The SMILES string of the molecule is Nc1ccc2nc(CS(=O)Cc3ccccc3)oc2c1. The summed E-state index contributed by atoms with van der Waals surface area (Å²) >= 11 is 0. The largest absolute Gasteiger partial charge is 0.440 e. The van der Waals surface area contributed by atoms with E-state index in [9.17, 15) is 4.21 Å². The first kappa shape index (κ1) is 12.9. The maximum absolute atomic E-state index is 12.1. The van der Waals surface area contributed by atoms with Gasteiger partial charge in [0.25, 0.3) is 0 Å². The Balaban J connectivity index is 1.74. The molecule has 20 heavy (non-hydrogen) atoms. The number of aromatic nitrogens is 1. The zero-order valence-corrected chi connectivity index (χ0v) is 11.6. The second-order valence-corrected chi connectivity index (χ2v) is 6.01. The number of anilines is 1. The first-order valence-electron chi connectivity index (χ1n) is 6.24. The van der Waals surface area contributed by atoms with Crippen molar-refractivity contribution in [3.05, 3.63) is 60.0 Å². The molecule has 0 saturated carbocycles. The minimum atomic E-state index is -1.04. The number of benzene rings is 2. The Morgan fingerprint density at radius 3 is 2.70 bits per heavy atom. The van der Waals surface area contributed by atoms with Gasteiger partial charge in [0.15, 0.2) is 5.58 Å². The molecule has 3 rings (SSSR count). The summed E-state index contributed by atoms with van der Waals surface area (Å²) in [6.45, 7) is 0. The Morgan fingerprint density at radius 2 is 1.90 bits per heavy atom. The molecule has 1 heterocycles. The van der Waals surface area contributed by atoms with E-state index in [1.807, 2.05) is 30.3 Å². The molecule has 2 aromatic carbocycles. The smallest absolute Gasteiger partial charge is 0.208 e. The summed E-state index contributed by atoms with van der Waals surface area (Å²) < 4.78 is 17.7. The van der Waals surface area contributed by atoms with Gasteiger partial charge < -0.3 is 10.2 Å². The fraction of sp³-hybridized carbons (Fsp3) is 0.133.